The van der Waals surface area contributed by atoms with Crippen LogP contribution < -0.4 is 15.4 Å². The van der Waals surface area contributed by atoms with Crippen molar-refractivity contribution in [2.45, 2.75) is 19.1 Å². The first kappa shape index (κ1) is 17.1. The Kier molecular flexibility index (Phi) is 6.80. The molecule has 1 rings (SSSR count). The van der Waals surface area contributed by atoms with Crippen molar-refractivity contribution in [1.29, 1.82) is 0 Å². The third-order valence-corrected chi connectivity index (χ3v) is 2.42. The summed E-state index contributed by atoms with van der Waals surface area (Å²) in [6.45, 7) is -1.06. The number of para-hydroxylation sites is 1. The molecule has 0 saturated carbocycles. The summed E-state index contributed by atoms with van der Waals surface area (Å²) < 4.78 is 41.1. The van der Waals surface area contributed by atoms with Crippen molar-refractivity contribution >= 4 is 6.03 Å². The number of carbonyl (C=O) groups is 1. The summed E-state index contributed by atoms with van der Waals surface area (Å²) in [5.41, 5.74) is 0.444. The van der Waals surface area contributed by atoms with Crippen LogP contribution in [0.1, 0.15) is 12.0 Å². The average molecular weight is 306 g/mol. The number of urea groups is 1. The second kappa shape index (κ2) is 8.35. The van der Waals surface area contributed by atoms with Gasteiger partial charge in [-0.2, -0.15) is 13.2 Å². The number of halogens is 3. The molecule has 3 N–H and O–H groups in total. The first-order valence-corrected chi connectivity index (χ1v) is 6.32. The lowest BCUT2D eigenvalue weighted by Crippen LogP contribution is -2.35. The van der Waals surface area contributed by atoms with Crippen LogP contribution in [-0.2, 0) is 6.54 Å². The number of aliphatic hydroxyl groups is 1. The third kappa shape index (κ3) is 7.40. The third-order valence-electron chi connectivity index (χ3n) is 2.42. The molecule has 0 aliphatic rings. The minimum Gasteiger partial charge on any atom is -0.484 e. The van der Waals surface area contributed by atoms with Crippen molar-refractivity contribution in [3.05, 3.63) is 29.8 Å². The van der Waals surface area contributed by atoms with E-state index in [2.05, 4.69) is 10.6 Å². The molecule has 2 amide bonds. The molecule has 1 aromatic rings. The van der Waals surface area contributed by atoms with Gasteiger partial charge in [0.25, 0.3) is 0 Å². The van der Waals surface area contributed by atoms with Gasteiger partial charge in [0.2, 0.25) is 0 Å². The minimum atomic E-state index is -4.41. The molecule has 0 bridgehead atoms. The highest BCUT2D eigenvalue weighted by Gasteiger charge is 2.28. The number of ether oxygens (including phenoxy) is 1. The van der Waals surface area contributed by atoms with Crippen molar-refractivity contribution in [3.8, 4) is 5.75 Å². The summed E-state index contributed by atoms with van der Waals surface area (Å²) in [5.74, 6) is 0.0745. The normalized spacial score (nSPS) is 11.0. The van der Waals surface area contributed by atoms with Gasteiger partial charge in [-0.05, 0) is 12.5 Å². The number of benzene rings is 1. The molecule has 118 valence electrons. The van der Waals surface area contributed by atoms with Gasteiger partial charge in [-0.15, -0.1) is 0 Å². The van der Waals surface area contributed by atoms with Crippen molar-refractivity contribution in [1.82, 2.24) is 10.6 Å². The number of aliphatic hydroxyl groups excluding tert-OH is 1. The topological polar surface area (TPSA) is 70.6 Å². The van der Waals surface area contributed by atoms with E-state index in [0.717, 1.165) is 0 Å². The number of hydrogen-bond acceptors (Lipinski definition) is 3. The Morgan fingerprint density at radius 1 is 1.24 bits per heavy atom. The fourth-order valence-corrected chi connectivity index (χ4v) is 1.47. The van der Waals surface area contributed by atoms with Crippen molar-refractivity contribution in [3.63, 3.8) is 0 Å². The van der Waals surface area contributed by atoms with Gasteiger partial charge in [-0.1, -0.05) is 18.2 Å². The molecule has 0 aromatic heterocycles. The SMILES string of the molecule is O=C(NCCCO)NCc1ccccc1OCC(F)(F)F. The number of rotatable bonds is 7. The minimum absolute atomic E-state index is 0.0333. The Labute approximate surface area is 120 Å². The number of carbonyl (C=O) groups excluding carboxylic acids is 1. The molecule has 0 unspecified atom stereocenters. The molecule has 21 heavy (non-hydrogen) atoms. The zero-order valence-electron chi connectivity index (χ0n) is 11.2. The fraction of sp³-hybridized carbons (Fsp3) is 0.462. The van der Waals surface area contributed by atoms with E-state index in [-0.39, 0.29) is 18.9 Å². The van der Waals surface area contributed by atoms with Gasteiger partial charge in [-0.3, -0.25) is 0 Å². The van der Waals surface area contributed by atoms with E-state index in [4.69, 9.17) is 9.84 Å². The Balaban J connectivity index is 2.49. The Morgan fingerprint density at radius 2 is 1.95 bits per heavy atom. The predicted molar refractivity (Wildman–Crippen MR) is 69.9 cm³/mol. The fourth-order valence-electron chi connectivity index (χ4n) is 1.47. The van der Waals surface area contributed by atoms with Crippen LogP contribution in [-0.4, -0.2) is 37.1 Å². The van der Waals surface area contributed by atoms with Gasteiger partial charge in [0.05, 0.1) is 0 Å². The molecule has 0 atom stereocenters. The van der Waals surface area contributed by atoms with Gasteiger partial charge in [0.1, 0.15) is 5.75 Å². The van der Waals surface area contributed by atoms with Gasteiger partial charge >= 0.3 is 12.2 Å². The summed E-state index contributed by atoms with van der Waals surface area (Å²) in [5, 5.41) is 13.6. The zero-order valence-corrected chi connectivity index (χ0v) is 11.2. The van der Waals surface area contributed by atoms with Crippen molar-refractivity contribution < 1.29 is 27.8 Å². The highest BCUT2D eigenvalue weighted by atomic mass is 19.4. The van der Waals surface area contributed by atoms with E-state index < -0.39 is 18.8 Å². The Hall–Kier alpha value is -1.96. The lowest BCUT2D eigenvalue weighted by Gasteiger charge is -2.13. The second-order valence-corrected chi connectivity index (χ2v) is 4.20. The summed E-state index contributed by atoms with van der Waals surface area (Å²) in [4.78, 5) is 11.4. The Morgan fingerprint density at radius 3 is 2.62 bits per heavy atom. The van der Waals surface area contributed by atoms with Gasteiger partial charge < -0.3 is 20.5 Å². The molecule has 8 heteroatoms. The highest BCUT2D eigenvalue weighted by Crippen LogP contribution is 2.21. The van der Waals surface area contributed by atoms with Crippen molar-refractivity contribution in [2.75, 3.05) is 19.8 Å². The number of alkyl halides is 3. The predicted octanol–water partition coefficient (Wildman–Crippen LogP) is 1.81. The molecule has 0 heterocycles. The number of nitrogens with one attached hydrogen (secondary N) is 2. The summed E-state index contributed by atoms with van der Waals surface area (Å²) in [6.07, 6.45) is -3.99. The first-order chi connectivity index (χ1) is 9.92. The van der Waals surface area contributed by atoms with E-state index in [1.54, 1.807) is 18.2 Å². The van der Waals surface area contributed by atoms with Crippen LogP contribution in [0.25, 0.3) is 0 Å². The van der Waals surface area contributed by atoms with E-state index in [1.165, 1.54) is 6.07 Å². The second-order valence-electron chi connectivity index (χ2n) is 4.20. The quantitative estimate of drug-likeness (QED) is 0.673. The average Bonchev–Trinajstić information content (AvgIpc) is 2.43. The zero-order chi connectivity index (χ0) is 15.7. The molecule has 0 fully saturated rings. The standard InChI is InChI=1S/C13H17F3N2O3/c14-13(15,16)9-21-11-5-2-1-4-10(11)8-18-12(20)17-6-3-7-19/h1-2,4-5,19H,3,6-9H2,(H2,17,18,20). The van der Waals surface area contributed by atoms with Gasteiger partial charge in [-0.25, -0.2) is 4.79 Å². The van der Waals surface area contributed by atoms with E-state index in [1.807, 2.05) is 0 Å². The van der Waals surface area contributed by atoms with E-state index >= 15 is 0 Å². The van der Waals surface area contributed by atoms with Crippen LogP contribution in [0.5, 0.6) is 5.75 Å². The smallest absolute Gasteiger partial charge is 0.422 e. The van der Waals surface area contributed by atoms with E-state index in [0.29, 0.717) is 18.5 Å². The number of amides is 2. The summed E-state index contributed by atoms with van der Waals surface area (Å²) >= 11 is 0. The lowest BCUT2D eigenvalue weighted by atomic mass is 10.2. The maximum absolute atomic E-state index is 12.1. The number of hydrogen-bond donors (Lipinski definition) is 3. The van der Waals surface area contributed by atoms with Crippen LogP contribution in [0.15, 0.2) is 24.3 Å². The maximum atomic E-state index is 12.1. The van der Waals surface area contributed by atoms with Gasteiger partial charge in [0.15, 0.2) is 6.61 Å². The first-order valence-electron chi connectivity index (χ1n) is 6.32. The molecule has 0 radical (unpaired) electrons. The molecular formula is C13H17F3N2O3. The highest BCUT2D eigenvalue weighted by molar-refractivity contribution is 5.73. The summed E-state index contributed by atoms with van der Waals surface area (Å²) in [7, 11) is 0. The molecule has 0 spiro atoms. The van der Waals surface area contributed by atoms with Gasteiger partial charge in [0, 0.05) is 25.3 Å². The van der Waals surface area contributed by atoms with E-state index in [9.17, 15) is 18.0 Å². The van der Waals surface area contributed by atoms with Crippen LogP contribution in [0.2, 0.25) is 0 Å². The molecule has 5 nitrogen and oxygen atoms in total. The van der Waals surface area contributed by atoms with Crippen LogP contribution >= 0.6 is 0 Å². The molecule has 0 aliphatic carbocycles. The molecule has 1 aromatic carbocycles. The van der Waals surface area contributed by atoms with Crippen LogP contribution in [0.3, 0.4) is 0 Å². The monoisotopic (exact) mass is 306 g/mol. The maximum Gasteiger partial charge on any atom is 0.422 e. The molecular weight excluding hydrogens is 289 g/mol. The molecule has 0 saturated heterocycles. The van der Waals surface area contributed by atoms with Crippen LogP contribution in [0.4, 0.5) is 18.0 Å². The summed E-state index contributed by atoms with van der Waals surface area (Å²) in [6, 6.07) is 5.71. The molecule has 0 aliphatic heterocycles. The lowest BCUT2D eigenvalue weighted by molar-refractivity contribution is -0.153. The van der Waals surface area contributed by atoms with Crippen LogP contribution in [0, 0.1) is 0 Å². The Bertz CT molecular complexity index is 453. The van der Waals surface area contributed by atoms with Crippen molar-refractivity contribution in [2.24, 2.45) is 0 Å². The largest absolute Gasteiger partial charge is 0.484 e.